The van der Waals surface area contributed by atoms with Crippen LogP contribution in [0.4, 0.5) is 0 Å². The topological polar surface area (TPSA) is 145 Å². The van der Waals surface area contributed by atoms with Crippen LogP contribution in [0.25, 0.3) is 0 Å². The van der Waals surface area contributed by atoms with Crippen LogP contribution < -0.4 is 34.7 Å². The van der Waals surface area contributed by atoms with Gasteiger partial charge in [0.05, 0.1) is 66.6 Å². The molecular formula is C40H67NaO11. The summed E-state index contributed by atoms with van der Waals surface area (Å²) in [6, 6.07) is 0. The van der Waals surface area contributed by atoms with Gasteiger partial charge in [-0.15, -0.1) is 0 Å². The minimum Gasteiger partial charge on any atom is -0.550 e. The molecule has 0 aromatic heterocycles. The molecule has 0 aliphatic carbocycles. The first kappa shape index (κ1) is 43.2. The first-order valence-corrected chi connectivity index (χ1v) is 20.0. The summed E-state index contributed by atoms with van der Waals surface area (Å²) < 4.78 is 46.9. The first-order chi connectivity index (χ1) is 23.9. The van der Waals surface area contributed by atoms with Crippen molar-refractivity contribution < 1.29 is 82.8 Å². The molecule has 0 unspecified atom stereocenters. The molecule has 6 fully saturated rings. The summed E-state index contributed by atoms with van der Waals surface area (Å²) in [4.78, 5) is 11.7. The molecular weight excluding hydrogens is 679 g/mol. The van der Waals surface area contributed by atoms with E-state index in [1.807, 2.05) is 6.92 Å². The van der Waals surface area contributed by atoms with Gasteiger partial charge in [0.25, 0.3) is 0 Å². The van der Waals surface area contributed by atoms with E-state index in [4.69, 9.17) is 33.2 Å². The van der Waals surface area contributed by atoms with Crippen LogP contribution in [-0.4, -0.2) is 102 Å². The van der Waals surface area contributed by atoms with Gasteiger partial charge in [-0.1, -0.05) is 48.5 Å². The summed E-state index contributed by atoms with van der Waals surface area (Å²) >= 11 is 0. The van der Waals surface area contributed by atoms with Crippen LogP contribution in [0, 0.1) is 41.4 Å². The Hall–Kier alpha value is 0.110. The first-order valence-electron chi connectivity index (χ1n) is 20.0. The van der Waals surface area contributed by atoms with Crippen molar-refractivity contribution >= 4 is 5.97 Å². The summed E-state index contributed by atoms with van der Waals surface area (Å²) in [7, 11) is 1.76. The van der Waals surface area contributed by atoms with Crippen molar-refractivity contribution in [3.05, 3.63) is 0 Å². The molecule has 6 heterocycles. The molecule has 19 atom stereocenters. The van der Waals surface area contributed by atoms with E-state index in [-0.39, 0.29) is 114 Å². The molecule has 0 radical (unpaired) electrons. The van der Waals surface area contributed by atoms with E-state index < -0.39 is 41.3 Å². The van der Waals surface area contributed by atoms with Crippen LogP contribution in [0.3, 0.4) is 0 Å². The summed E-state index contributed by atoms with van der Waals surface area (Å²) in [5.41, 5.74) is -1.11. The molecule has 0 aromatic carbocycles. The van der Waals surface area contributed by atoms with Crippen molar-refractivity contribution in [2.75, 3.05) is 13.7 Å². The van der Waals surface area contributed by atoms with Crippen molar-refractivity contribution in [2.24, 2.45) is 41.4 Å². The SMILES string of the molecule is CO[C@@H]1C[C@H](C[C@H]2CC[C@H](C)[C@H]([C@@H](C)C(=O)[O-])O2)O[C@]2(O[C@](C)([C@H]3CC[C@@](C)([C@@H]4O[C@@H]([C@H]5O[C@@](O)(CO)[C@H](C)C[C@@H]5C)C[C@@H]4C)O3)C[C@H]2C)[C@@H]1C.[Na+]. The van der Waals surface area contributed by atoms with Crippen molar-refractivity contribution in [3.63, 3.8) is 0 Å². The third kappa shape index (κ3) is 7.85. The number of carboxylic acids is 1. The fourth-order valence-electron chi connectivity index (χ4n) is 11.3. The number of hydrogen-bond donors (Lipinski definition) is 2. The van der Waals surface area contributed by atoms with Crippen LogP contribution >= 0.6 is 0 Å². The number of carbonyl (C=O) groups excluding carboxylic acids is 1. The van der Waals surface area contributed by atoms with E-state index in [2.05, 4.69) is 48.5 Å². The number of hydrogen-bond acceptors (Lipinski definition) is 11. The Kier molecular flexibility index (Phi) is 13.4. The molecule has 11 nitrogen and oxygen atoms in total. The van der Waals surface area contributed by atoms with Crippen molar-refractivity contribution in [1.29, 1.82) is 0 Å². The number of carbonyl (C=O) groups is 1. The molecule has 2 N–H and O–H groups in total. The predicted molar refractivity (Wildman–Crippen MR) is 186 cm³/mol. The predicted octanol–water partition coefficient (Wildman–Crippen LogP) is 1.37. The van der Waals surface area contributed by atoms with Gasteiger partial charge >= 0.3 is 29.6 Å². The van der Waals surface area contributed by atoms with Gasteiger partial charge in [0, 0.05) is 49.6 Å². The third-order valence-electron chi connectivity index (χ3n) is 14.4. The maximum absolute atomic E-state index is 11.7. The average Bonchev–Trinajstić information content (AvgIpc) is 3.75. The molecule has 0 amide bonds. The van der Waals surface area contributed by atoms with Crippen LogP contribution in [0.15, 0.2) is 0 Å². The Balaban J connectivity index is 0.00000523. The smallest absolute Gasteiger partial charge is 0.550 e. The molecule has 0 aromatic rings. The molecule has 6 aliphatic heterocycles. The molecule has 1 spiro atoms. The number of aliphatic carboxylic acids is 1. The maximum Gasteiger partial charge on any atom is 1.00 e. The fraction of sp³-hybridized carbons (Fsp3) is 0.975. The van der Waals surface area contributed by atoms with Gasteiger partial charge in [0.1, 0.15) is 0 Å². The van der Waals surface area contributed by atoms with Crippen LogP contribution in [0.1, 0.15) is 120 Å². The van der Waals surface area contributed by atoms with Crippen molar-refractivity contribution in [3.8, 4) is 0 Å². The van der Waals surface area contributed by atoms with Gasteiger partial charge in [0.2, 0.25) is 0 Å². The van der Waals surface area contributed by atoms with E-state index in [1.165, 1.54) is 0 Å². The number of aliphatic hydroxyl groups is 2. The molecule has 52 heavy (non-hydrogen) atoms. The molecule has 12 heteroatoms. The Morgan fingerprint density at radius 3 is 2.25 bits per heavy atom. The Morgan fingerprint density at radius 1 is 0.885 bits per heavy atom. The average molecular weight is 747 g/mol. The number of aliphatic hydroxyl groups excluding tert-OH is 1. The molecule has 6 aliphatic rings. The van der Waals surface area contributed by atoms with Gasteiger partial charge in [-0.25, -0.2) is 0 Å². The van der Waals surface area contributed by atoms with E-state index >= 15 is 0 Å². The Bertz CT molecular complexity index is 1240. The zero-order valence-corrected chi connectivity index (χ0v) is 35.8. The molecule has 6 saturated heterocycles. The minimum atomic E-state index is -1.55. The normalized spacial score (nSPS) is 53.2. The van der Waals surface area contributed by atoms with Gasteiger partial charge in [-0.05, 0) is 76.5 Å². The standard InChI is InChI=1S/C40H68O11.Na/c1-21-11-12-28(46-33(21)26(6)36(42)43)17-29-18-30(45-10)27(7)40(48-29)25(5)19-38(9,51-40)32-13-14-37(8,49-32)35-23(3)16-31(47-35)34-22(2)15-24(4)39(44,20-41)50-34;/h21-35,41,44H,11-20H2,1-10H3,(H,42,43);/q;+1/p-1/t21-,22-,23-,24+,25+,26+,27+,28+,29-,30+,31+,32+,33+,34-,35+,37-,38-,39-,40+;/m0./s1. The monoisotopic (exact) mass is 746 g/mol. The quantitative estimate of drug-likeness (QED) is 0.331. The largest absolute Gasteiger partial charge is 1.00 e. The van der Waals surface area contributed by atoms with E-state index in [0.29, 0.717) is 6.42 Å². The second-order valence-electron chi connectivity index (χ2n) is 18.4. The van der Waals surface area contributed by atoms with Gasteiger partial charge in [-0.3, -0.25) is 0 Å². The van der Waals surface area contributed by atoms with E-state index in [0.717, 1.165) is 51.4 Å². The summed E-state index contributed by atoms with van der Waals surface area (Å²) in [6.45, 7) is 18.3. The van der Waals surface area contributed by atoms with Gasteiger partial charge < -0.3 is 53.3 Å². The Morgan fingerprint density at radius 2 is 1.60 bits per heavy atom. The summed E-state index contributed by atoms with van der Waals surface area (Å²) in [5.74, 6) is -3.70. The minimum absolute atomic E-state index is 0. The molecule has 0 saturated carbocycles. The number of carboxylic acid groups (broad SMARTS) is 1. The molecule has 0 bridgehead atoms. The second kappa shape index (κ2) is 16.2. The van der Waals surface area contributed by atoms with E-state index in [9.17, 15) is 20.1 Å². The maximum atomic E-state index is 11.7. The number of methoxy groups -OCH3 is 1. The zero-order chi connectivity index (χ0) is 37.3. The summed E-state index contributed by atoms with van der Waals surface area (Å²) in [5, 5.41) is 32.7. The van der Waals surface area contributed by atoms with Crippen LogP contribution in [-0.2, 0) is 38.0 Å². The van der Waals surface area contributed by atoms with Crippen molar-refractivity contribution in [1.82, 2.24) is 0 Å². The van der Waals surface area contributed by atoms with Gasteiger partial charge in [0.15, 0.2) is 11.6 Å². The molecule has 294 valence electrons. The fourth-order valence-corrected chi connectivity index (χ4v) is 11.3. The van der Waals surface area contributed by atoms with Crippen LogP contribution in [0.5, 0.6) is 0 Å². The Labute approximate surface area is 334 Å². The van der Waals surface area contributed by atoms with Crippen molar-refractivity contribution in [2.45, 2.75) is 192 Å². The zero-order valence-electron chi connectivity index (χ0n) is 33.8. The number of rotatable bonds is 9. The van der Waals surface area contributed by atoms with Crippen LogP contribution in [0.2, 0.25) is 0 Å². The van der Waals surface area contributed by atoms with E-state index in [1.54, 1.807) is 14.0 Å². The second-order valence-corrected chi connectivity index (χ2v) is 18.4. The third-order valence-corrected chi connectivity index (χ3v) is 14.4. The molecule has 6 rings (SSSR count). The van der Waals surface area contributed by atoms with Gasteiger partial charge in [-0.2, -0.15) is 0 Å². The number of ether oxygens (including phenoxy) is 7. The summed E-state index contributed by atoms with van der Waals surface area (Å²) in [6.07, 6.45) is 5.62.